The number of aromatic nitrogens is 2. The first-order valence-electron chi connectivity index (χ1n) is 8.97. The van der Waals surface area contributed by atoms with E-state index in [2.05, 4.69) is 10.1 Å². The fraction of sp³-hybridized carbons (Fsp3) is 0.238. The molecule has 0 unspecified atom stereocenters. The second-order valence-electron chi connectivity index (χ2n) is 6.66. The number of esters is 1. The van der Waals surface area contributed by atoms with E-state index in [1.807, 2.05) is 30.3 Å². The van der Waals surface area contributed by atoms with Gasteiger partial charge in [-0.15, -0.1) is 0 Å². The Bertz CT molecular complexity index is 972. The number of nitrogens with zero attached hydrogens (tertiary/aromatic N) is 3. The minimum absolute atomic E-state index is 0.0352. The van der Waals surface area contributed by atoms with Crippen LogP contribution in [0.2, 0.25) is 0 Å². The number of hydrogen-bond donors (Lipinski definition) is 0. The van der Waals surface area contributed by atoms with Crippen molar-refractivity contribution in [2.75, 3.05) is 20.2 Å². The summed E-state index contributed by atoms with van der Waals surface area (Å²) >= 11 is 0. The summed E-state index contributed by atoms with van der Waals surface area (Å²) in [7, 11) is 1.30. The molecule has 4 rings (SSSR count). The molecule has 1 aliphatic rings. The molecule has 0 N–H and O–H groups in total. The topological polar surface area (TPSA) is 85.5 Å². The lowest BCUT2D eigenvalue weighted by Crippen LogP contribution is -2.30. The highest BCUT2D eigenvalue weighted by Crippen LogP contribution is 2.39. The Balaban J connectivity index is 1.66. The monoisotopic (exact) mass is 377 g/mol. The number of carbonyl (C=O) groups is 2. The van der Waals surface area contributed by atoms with E-state index in [1.54, 1.807) is 29.2 Å². The van der Waals surface area contributed by atoms with E-state index in [4.69, 9.17) is 9.26 Å². The van der Waals surface area contributed by atoms with E-state index in [9.17, 15) is 9.59 Å². The largest absolute Gasteiger partial charge is 0.465 e. The summed E-state index contributed by atoms with van der Waals surface area (Å²) in [5.41, 5.74) is 1.69. The first kappa shape index (κ1) is 17.9. The van der Waals surface area contributed by atoms with Crippen LogP contribution in [0.25, 0.3) is 0 Å². The van der Waals surface area contributed by atoms with Gasteiger partial charge in [-0.3, -0.25) is 4.79 Å². The highest BCUT2D eigenvalue weighted by molar-refractivity contribution is 6.05. The molecule has 2 heterocycles. The van der Waals surface area contributed by atoms with Gasteiger partial charge in [-0.2, -0.15) is 4.98 Å². The molecule has 1 saturated heterocycles. The van der Waals surface area contributed by atoms with Gasteiger partial charge in [0.1, 0.15) is 0 Å². The van der Waals surface area contributed by atoms with Crippen molar-refractivity contribution in [2.24, 2.45) is 0 Å². The van der Waals surface area contributed by atoms with Crippen LogP contribution < -0.4 is 0 Å². The van der Waals surface area contributed by atoms with E-state index in [0.29, 0.717) is 24.5 Å². The lowest BCUT2D eigenvalue weighted by molar-refractivity contribution is 0.0592. The minimum Gasteiger partial charge on any atom is -0.465 e. The van der Waals surface area contributed by atoms with Crippen LogP contribution in [-0.2, 0) is 4.74 Å². The smallest absolute Gasteiger partial charge is 0.338 e. The van der Waals surface area contributed by atoms with Crippen LogP contribution in [0.3, 0.4) is 0 Å². The number of ether oxygens (including phenoxy) is 1. The molecular weight excluding hydrogens is 358 g/mol. The number of hydrogen-bond acceptors (Lipinski definition) is 6. The van der Waals surface area contributed by atoms with Gasteiger partial charge in [0.05, 0.1) is 18.2 Å². The van der Waals surface area contributed by atoms with E-state index in [0.717, 1.165) is 5.56 Å². The third-order valence-corrected chi connectivity index (χ3v) is 5.11. The van der Waals surface area contributed by atoms with Crippen molar-refractivity contribution < 1.29 is 18.8 Å². The number of likely N-dealkylation sites (tertiary alicyclic amines) is 1. The Kier molecular flexibility index (Phi) is 4.89. The van der Waals surface area contributed by atoms with Crippen molar-refractivity contribution in [1.29, 1.82) is 0 Å². The molecular formula is C21H19N3O4. The summed E-state index contributed by atoms with van der Waals surface area (Å²) in [4.78, 5) is 31.2. The summed E-state index contributed by atoms with van der Waals surface area (Å²) in [6.45, 7) is 0.936. The zero-order valence-corrected chi connectivity index (χ0v) is 15.3. The molecule has 3 aromatic rings. The van der Waals surface area contributed by atoms with Crippen molar-refractivity contribution >= 4 is 11.9 Å². The highest BCUT2D eigenvalue weighted by atomic mass is 16.5. The summed E-state index contributed by atoms with van der Waals surface area (Å²) in [5, 5.41) is 4.00. The van der Waals surface area contributed by atoms with Crippen LogP contribution in [0.1, 0.15) is 43.9 Å². The number of benzene rings is 2. The van der Waals surface area contributed by atoms with E-state index in [1.165, 1.54) is 13.5 Å². The molecule has 0 saturated carbocycles. The summed E-state index contributed by atoms with van der Waals surface area (Å²) in [6.07, 6.45) is 1.30. The minimum atomic E-state index is -0.530. The van der Waals surface area contributed by atoms with E-state index >= 15 is 0 Å². The maximum absolute atomic E-state index is 13.2. The molecule has 0 bridgehead atoms. The first-order valence-corrected chi connectivity index (χ1v) is 8.97. The number of carbonyl (C=O) groups excluding carboxylic acids is 2. The third kappa shape index (κ3) is 3.26. The Morgan fingerprint density at radius 3 is 2.36 bits per heavy atom. The fourth-order valence-corrected chi connectivity index (χ4v) is 3.74. The molecule has 142 valence electrons. The summed E-state index contributed by atoms with van der Waals surface area (Å²) in [5.74, 6) is -0.223. The molecule has 2 aromatic carbocycles. The van der Waals surface area contributed by atoms with Gasteiger partial charge in [-0.25, -0.2) is 4.79 Å². The van der Waals surface area contributed by atoms with E-state index in [-0.39, 0.29) is 23.3 Å². The highest BCUT2D eigenvalue weighted by Gasteiger charge is 2.40. The van der Waals surface area contributed by atoms with Gasteiger partial charge in [0, 0.05) is 24.9 Å². The third-order valence-electron chi connectivity index (χ3n) is 5.11. The molecule has 1 amide bonds. The first-order chi connectivity index (χ1) is 13.7. The molecule has 0 radical (unpaired) electrons. The molecule has 0 aliphatic carbocycles. The van der Waals surface area contributed by atoms with Crippen LogP contribution in [0, 0.1) is 0 Å². The fourth-order valence-electron chi connectivity index (χ4n) is 3.74. The van der Waals surface area contributed by atoms with Crippen molar-refractivity contribution in [3.8, 4) is 0 Å². The van der Waals surface area contributed by atoms with Gasteiger partial charge in [0.15, 0.2) is 5.82 Å². The standard InChI is InChI=1S/C21H19N3O4/c1-27-21(26)16-10-6-5-9-15(16)20(25)24-11-17(14-7-3-2-4-8-14)18(12-24)19-22-13-28-23-19/h2-10,13,17-18H,11-12H2,1H3/t17-,18-/m0/s1. The molecule has 0 spiro atoms. The van der Waals surface area contributed by atoms with Gasteiger partial charge in [0.2, 0.25) is 6.39 Å². The second kappa shape index (κ2) is 7.64. The SMILES string of the molecule is COC(=O)c1ccccc1C(=O)N1C[C@H](c2ncon2)[C@H](c2ccccc2)C1. The number of methoxy groups -OCH3 is 1. The second-order valence-corrected chi connectivity index (χ2v) is 6.66. The Labute approximate surface area is 161 Å². The molecule has 7 heteroatoms. The van der Waals surface area contributed by atoms with Crippen molar-refractivity contribution in [2.45, 2.75) is 11.8 Å². The lowest BCUT2D eigenvalue weighted by atomic mass is 9.88. The summed E-state index contributed by atoms with van der Waals surface area (Å²) in [6, 6.07) is 16.7. The Hall–Kier alpha value is -3.48. The number of rotatable bonds is 4. The van der Waals surface area contributed by atoms with E-state index < -0.39 is 5.97 Å². The van der Waals surface area contributed by atoms with Gasteiger partial charge in [0.25, 0.3) is 5.91 Å². The molecule has 2 atom stereocenters. The van der Waals surface area contributed by atoms with Crippen LogP contribution in [0.15, 0.2) is 65.5 Å². The lowest BCUT2D eigenvalue weighted by Gasteiger charge is -2.18. The predicted octanol–water partition coefficient (Wildman–Crippen LogP) is 2.88. The van der Waals surface area contributed by atoms with Gasteiger partial charge >= 0.3 is 5.97 Å². The van der Waals surface area contributed by atoms with Crippen molar-refractivity contribution in [3.05, 3.63) is 83.5 Å². The van der Waals surface area contributed by atoms with Crippen LogP contribution in [-0.4, -0.2) is 47.1 Å². The Morgan fingerprint density at radius 2 is 1.68 bits per heavy atom. The number of amides is 1. The summed E-state index contributed by atoms with van der Waals surface area (Å²) < 4.78 is 9.75. The van der Waals surface area contributed by atoms with Gasteiger partial charge in [-0.1, -0.05) is 47.6 Å². The van der Waals surface area contributed by atoms with Crippen LogP contribution in [0.5, 0.6) is 0 Å². The molecule has 1 aromatic heterocycles. The average Bonchev–Trinajstić information content (AvgIpc) is 3.43. The van der Waals surface area contributed by atoms with Gasteiger partial charge in [-0.05, 0) is 17.7 Å². The molecule has 7 nitrogen and oxygen atoms in total. The van der Waals surface area contributed by atoms with Gasteiger partial charge < -0.3 is 14.2 Å². The molecule has 1 aliphatic heterocycles. The quantitative estimate of drug-likeness (QED) is 0.650. The zero-order chi connectivity index (χ0) is 19.5. The molecule has 1 fully saturated rings. The normalized spacial score (nSPS) is 18.8. The van der Waals surface area contributed by atoms with Crippen LogP contribution in [0.4, 0.5) is 0 Å². The van der Waals surface area contributed by atoms with Crippen molar-refractivity contribution in [1.82, 2.24) is 15.0 Å². The maximum atomic E-state index is 13.2. The molecule has 28 heavy (non-hydrogen) atoms. The Morgan fingerprint density at radius 1 is 1.00 bits per heavy atom. The predicted molar refractivity (Wildman–Crippen MR) is 99.9 cm³/mol. The average molecular weight is 377 g/mol. The van der Waals surface area contributed by atoms with Crippen LogP contribution >= 0.6 is 0 Å². The maximum Gasteiger partial charge on any atom is 0.338 e. The zero-order valence-electron chi connectivity index (χ0n) is 15.3. The van der Waals surface area contributed by atoms with Crippen molar-refractivity contribution in [3.63, 3.8) is 0 Å².